The van der Waals surface area contributed by atoms with Crippen LogP contribution in [0.4, 0.5) is 16.2 Å². The Bertz CT molecular complexity index is 415. The first kappa shape index (κ1) is 10.7. The summed E-state index contributed by atoms with van der Waals surface area (Å²) in [5.74, 6) is 1.39. The van der Waals surface area contributed by atoms with Crippen LogP contribution in [0, 0.1) is 11.7 Å². The van der Waals surface area contributed by atoms with Crippen molar-refractivity contribution < 1.29 is 4.39 Å². The number of aromatic nitrogens is 2. The fraction of sp³-hybridized carbons (Fsp3) is 0.667. The van der Waals surface area contributed by atoms with E-state index in [0.717, 1.165) is 25.3 Å². The van der Waals surface area contributed by atoms with Crippen molar-refractivity contribution in [1.82, 2.24) is 9.97 Å². The number of rotatable bonds is 5. The molecule has 2 aliphatic carbocycles. The molecule has 0 aliphatic heterocycles. The zero-order valence-electron chi connectivity index (χ0n) is 9.99. The Kier molecular flexibility index (Phi) is 2.61. The number of halogens is 1. The van der Waals surface area contributed by atoms with Gasteiger partial charge in [0.1, 0.15) is 0 Å². The van der Waals surface area contributed by atoms with Crippen LogP contribution in [0.15, 0.2) is 6.20 Å². The van der Waals surface area contributed by atoms with E-state index in [0.29, 0.717) is 17.8 Å². The molecule has 1 heterocycles. The van der Waals surface area contributed by atoms with Gasteiger partial charge in [0.05, 0.1) is 6.20 Å². The Morgan fingerprint density at radius 2 is 2.18 bits per heavy atom. The van der Waals surface area contributed by atoms with Crippen molar-refractivity contribution in [2.45, 2.75) is 31.7 Å². The van der Waals surface area contributed by atoms with Gasteiger partial charge in [0.25, 0.3) is 0 Å². The van der Waals surface area contributed by atoms with Crippen LogP contribution in [0.1, 0.15) is 25.7 Å². The van der Waals surface area contributed by atoms with E-state index in [-0.39, 0.29) is 5.82 Å². The average Bonchev–Trinajstić information content (AvgIpc) is 3.19. The second-order valence-electron chi connectivity index (χ2n) is 4.94. The van der Waals surface area contributed by atoms with Crippen LogP contribution in [0.5, 0.6) is 0 Å². The summed E-state index contributed by atoms with van der Waals surface area (Å²) in [5.41, 5.74) is 0. The van der Waals surface area contributed by atoms with Gasteiger partial charge >= 0.3 is 0 Å². The van der Waals surface area contributed by atoms with Crippen LogP contribution < -0.4 is 10.2 Å². The van der Waals surface area contributed by atoms with Crippen LogP contribution >= 0.6 is 0 Å². The molecule has 0 radical (unpaired) electrons. The number of hydrogen-bond donors (Lipinski definition) is 1. The number of nitrogens with one attached hydrogen (secondary N) is 1. The first-order valence-electron chi connectivity index (χ1n) is 6.25. The molecule has 17 heavy (non-hydrogen) atoms. The first-order chi connectivity index (χ1) is 8.28. The van der Waals surface area contributed by atoms with Gasteiger partial charge in [0.2, 0.25) is 5.95 Å². The fourth-order valence-electron chi connectivity index (χ4n) is 2.05. The third kappa shape index (κ3) is 2.33. The highest BCUT2D eigenvalue weighted by Crippen LogP contribution is 2.37. The summed E-state index contributed by atoms with van der Waals surface area (Å²) >= 11 is 0. The van der Waals surface area contributed by atoms with Crippen molar-refractivity contribution in [3.05, 3.63) is 12.0 Å². The quantitative estimate of drug-likeness (QED) is 0.849. The molecule has 0 bridgehead atoms. The zero-order valence-corrected chi connectivity index (χ0v) is 9.99. The molecule has 1 aromatic heterocycles. The predicted octanol–water partition coefficient (Wildman–Crippen LogP) is 2.04. The summed E-state index contributed by atoms with van der Waals surface area (Å²) in [6, 6.07) is 0.490. The van der Waals surface area contributed by atoms with E-state index in [9.17, 15) is 4.39 Å². The minimum atomic E-state index is -0.309. The molecular formula is C12H17FN4. The topological polar surface area (TPSA) is 41.1 Å². The third-order valence-electron chi connectivity index (χ3n) is 3.36. The molecule has 2 aliphatic rings. The van der Waals surface area contributed by atoms with Crippen molar-refractivity contribution in [3.63, 3.8) is 0 Å². The van der Waals surface area contributed by atoms with E-state index in [4.69, 9.17) is 0 Å². The minimum absolute atomic E-state index is 0.309. The van der Waals surface area contributed by atoms with Crippen LogP contribution in [-0.4, -0.2) is 29.6 Å². The maximum absolute atomic E-state index is 13.8. The SMILES string of the molecule is CNc1ncc(F)c(N(CC2CC2)C2CC2)n1. The molecule has 0 saturated heterocycles. The summed E-state index contributed by atoms with van der Waals surface area (Å²) < 4.78 is 13.8. The second kappa shape index (κ2) is 4.13. The van der Waals surface area contributed by atoms with Crippen molar-refractivity contribution in [2.24, 2.45) is 5.92 Å². The molecule has 0 amide bonds. The maximum atomic E-state index is 13.8. The Morgan fingerprint density at radius 1 is 1.41 bits per heavy atom. The number of hydrogen-bond acceptors (Lipinski definition) is 4. The summed E-state index contributed by atoms with van der Waals surface area (Å²) in [6.07, 6.45) is 6.12. The summed E-state index contributed by atoms with van der Waals surface area (Å²) in [5, 5.41) is 2.86. The minimum Gasteiger partial charge on any atom is -0.357 e. The third-order valence-corrected chi connectivity index (χ3v) is 3.36. The molecule has 0 atom stereocenters. The molecule has 4 nitrogen and oxygen atoms in total. The monoisotopic (exact) mass is 236 g/mol. The van der Waals surface area contributed by atoms with Gasteiger partial charge in [-0.25, -0.2) is 9.37 Å². The first-order valence-corrected chi connectivity index (χ1v) is 6.25. The predicted molar refractivity (Wildman–Crippen MR) is 64.6 cm³/mol. The molecule has 0 aromatic carbocycles. The maximum Gasteiger partial charge on any atom is 0.224 e. The van der Waals surface area contributed by atoms with Gasteiger partial charge in [-0.05, 0) is 31.6 Å². The van der Waals surface area contributed by atoms with E-state index in [1.807, 2.05) is 0 Å². The van der Waals surface area contributed by atoms with Gasteiger partial charge in [0, 0.05) is 19.6 Å². The summed E-state index contributed by atoms with van der Waals surface area (Å²) in [6.45, 7) is 0.946. The van der Waals surface area contributed by atoms with Crippen LogP contribution in [-0.2, 0) is 0 Å². The van der Waals surface area contributed by atoms with Gasteiger partial charge in [-0.1, -0.05) is 0 Å². The smallest absolute Gasteiger partial charge is 0.224 e. The molecule has 5 heteroatoms. The van der Waals surface area contributed by atoms with E-state index >= 15 is 0 Å². The largest absolute Gasteiger partial charge is 0.357 e. The highest BCUT2D eigenvalue weighted by Gasteiger charge is 2.35. The highest BCUT2D eigenvalue weighted by atomic mass is 19.1. The lowest BCUT2D eigenvalue weighted by Crippen LogP contribution is -2.30. The lowest BCUT2D eigenvalue weighted by molar-refractivity contribution is 0.593. The Labute approximate surface area is 100 Å². The lowest BCUT2D eigenvalue weighted by Gasteiger charge is -2.23. The van der Waals surface area contributed by atoms with Gasteiger partial charge in [-0.3, -0.25) is 0 Å². The standard InChI is InChI=1S/C12H17FN4/c1-14-12-15-6-10(13)11(16-12)17(9-4-5-9)7-8-2-3-8/h6,8-9H,2-5,7H2,1H3,(H,14,15,16). The van der Waals surface area contributed by atoms with Gasteiger partial charge in [0.15, 0.2) is 11.6 Å². The molecule has 0 unspecified atom stereocenters. The van der Waals surface area contributed by atoms with E-state index in [2.05, 4.69) is 20.2 Å². The van der Waals surface area contributed by atoms with Crippen LogP contribution in [0.3, 0.4) is 0 Å². The zero-order chi connectivity index (χ0) is 11.8. The molecular weight excluding hydrogens is 219 g/mol. The average molecular weight is 236 g/mol. The normalized spacial score (nSPS) is 19.2. The Balaban J connectivity index is 1.87. The molecule has 1 N–H and O–H groups in total. The molecule has 0 spiro atoms. The van der Waals surface area contributed by atoms with E-state index < -0.39 is 0 Å². The Morgan fingerprint density at radius 3 is 2.76 bits per heavy atom. The van der Waals surface area contributed by atoms with Gasteiger partial charge in [-0.2, -0.15) is 4.98 Å². The number of anilines is 2. The fourth-order valence-corrected chi connectivity index (χ4v) is 2.05. The van der Waals surface area contributed by atoms with Crippen molar-refractivity contribution in [1.29, 1.82) is 0 Å². The highest BCUT2D eigenvalue weighted by molar-refractivity contribution is 5.46. The van der Waals surface area contributed by atoms with Crippen LogP contribution in [0.25, 0.3) is 0 Å². The van der Waals surface area contributed by atoms with Crippen molar-refractivity contribution >= 4 is 11.8 Å². The molecule has 2 fully saturated rings. The Hall–Kier alpha value is -1.39. The lowest BCUT2D eigenvalue weighted by atomic mass is 10.3. The molecule has 3 rings (SSSR count). The summed E-state index contributed by atoms with van der Waals surface area (Å²) in [4.78, 5) is 10.3. The summed E-state index contributed by atoms with van der Waals surface area (Å²) in [7, 11) is 1.75. The molecule has 92 valence electrons. The second-order valence-corrected chi connectivity index (χ2v) is 4.94. The van der Waals surface area contributed by atoms with E-state index in [1.54, 1.807) is 7.05 Å². The van der Waals surface area contributed by atoms with Gasteiger partial charge in [-0.15, -0.1) is 0 Å². The van der Waals surface area contributed by atoms with Crippen molar-refractivity contribution in [2.75, 3.05) is 23.8 Å². The number of nitrogens with zero attached hydrogens (tertiary/aromatic N) is 3. The molecule has 1 aromatic rings. The molecule has 2 saturated carbocycles. The van der Waals surface area contributed by atoms with E-state index in [1.165, 1.54) is 19.0 Å². The van der Waals surface area contributed by atoms with Crippen LogP contribution in [0.2, 0.25) is 0 Å². The van der Waals surface area contributed by atoms with Crippen molar-refractivity contribution in [3.8, 4) is 0 Å². The van der Waals surface area contributed by atoms with Gasteiger partial charge < -0.3 is 10.2 Å².